The minimum Gasteiger partial charge on any atom is -0.358 e. The topological polar surface area (TPSA) is 57.8 Å². The van der Waals surface area contributed by atoms with E-state index in [1.165, 1.54) is 5.56 Å². The molecule has 1 aromatic carbocycles. The number of hydrogen-bond acceptors (Lipinski definition) is 2. The Hall–Kier alpha value is -2.33. The first-order chi connectivity index (χ1) is 10.7. The van der Waals surface area contributed by atoms with Gasteiger partial charge in [0.15, 0.2) is 0 Å². The number of aryl methyl sites for hydroxylation is 1. The quantitative estimate of drug-likeness (QED) is 0.430. The highest BCUT2D eigenvalue weighted by Crippen LogP contribution is 2.29. The minimum atomic E-state index is 0.485. The Morgan fingerprint density at radius 3 is 3.00 bits per heavy atom. The first kappa shape index (κ1) is 14.6. The van der Waals surface area contributed by atoms with Crippen molar-refractivity contribution in [3.8, 4) is 11.3 Å². The lowest BCUT2D eigenvalue weighted by atomic mass is 10.1. The van der Waals surface area contributed by atoms with Gasteiger partial charge < -0.3 is 10.3 Å². The molecule has 5 heteroatoms. The standard InChI is InChI=1S/C17H16ClN3O/c1-11-9-15(20-14(11)7-8-19-10-22)13-4-2-3-12-5-6-16(18)21-17(12)13/h2-6,9-10,20H,7-8H2,1H3,(H,19,22). The van der Waals surface area contributed by atoms with E-state index < -0.39 is 0 Å². The molecule has 0 fully saturated rings. The molecule has 0 aliphatic carbocycles. The lowest BCUT2D eigenvalue weighted by Gasteiger charge is -2.05. The predicted octanol–water partition coefficient (Wildman–Crippen LogP) is 3.48. The maximum atomic E-state index is 10.3. The van der Waals surface area contributed by atoms with E-state index in [9.17, 15) is 4.79 Å². The van der Waals surface area contributed by atoms with Gasteiger partial charge in [0.2, 0.25) is 6.41 Å². The molecular formula is C17H16ClN3O. The number of nitrogens with one attached hydrogen (secondary N) is 2. The molecule has 1 amide bonds. The summed E-state index contributed by atoms with van der Waals surface area (Å²) in [5.41, 5.74) is 5.20. The number of aromatic nitrogens is 2. The number of H-pyrrole nitrogens is 1. The monoisotopic (exact) mass is 313 g/mol. The van der Waals surface area contributed by atoms with Gasteiger partial charge in [-0.2, -0.15) is 0 Å². The highest BCUT2D eigenvalue weighted by Gasteiger charge is 2.10. The van der Waals surface area contributed by atoms with E-state index in [-0.39, 0.29) is 0 Å². The number of halogens is 1. The van der Waals surface area contributed by atoms with Gasteiger partial charge in [-0.1, -0.05) is 29.8 Å². The normalized spacial score (nSPS) is 10.8. The van der Waals surface area contributed by atoms with Crippen molar-refractivity contribution in [3.05, 3.63) is 52.8 Å². The molecular weight excluding hydrogens is 298 g/mol. The van der Waals surface area contributed by atoms with Gasteiger partial charge in [-0.3, -0.25) is 4.79 Å². The number of carbonyl (C=O) groups is 1. The molecule has 0 aliphatic rings. The van der Waals surface area contributed by atoms with E-state index in [4.69, 9.17) is 11.6 Å². The Balaban J connectivity index is 2.02. The highest BCUT2D eigenvalue weighted by atomic mass is 35.5. The van der Waals surface area contributed by atoms with Gasteiger partial charge in [-0.05, 0) is 30.7 Å². The smallest absolute Gasteiger partial charge is 0.207 e. The maximum absolute atomic E-state index is 10.3. The molecule has 4 nitrogen and oxygen atoms in total. The number of amides is 1. The molecule has 0 saturated carbocycles. The fourth-order valence-electron chi connectivity index (χ4n) is 2.60. The fourth-order valence-corrected chi connectivity index (χ4v) is 2.75. The van der Waals surface area contributed by atoms with E-state index in [0.717, 1.165) is 40.7 Å². The van der Waals surface area contributed by atoms with Crippen molar-refractivity contribution in [2.24, 2.45) is 0 Å². The van der Waals surface area contributed by atoms with Gasteiger partial charge in [0.1, 0.15) is 5.15 Å². The molecule has 3 rings (SSSR count). The van der Waals surface area contributed by atoms with Gasteiger partial charge in [0.25, 0.3) is 0 Å². The van der Waals surface area contributed by atoms with Crippen LogP contribution in [0.1, 0.15) is 11.3 Å². The summed E-state index contributed by atoms with van der Waals surface area (Å²) < 4.78 is 0. The molecule has 112 valence electrons. The van der Waals surface area contributed by atoms with Crippen LogP contribution >= 0.6 is 11.6 Å². The zero-order chi connectivity index (χ0) is 15.5. The van der Waals surface area contributed by atoms with E-state index in [1.54, 1.807) is 6.07 Å². The second-order valence-electron chi connectivity index (χ2n) is 5.18. The molecule has 0 aliphatic heterocycles. The Morgan fingerprint density at radius 1 is 1.32 bits per heavy atom. The first-order valence-corrected chi connectivity index (χ1v) is 7.48. The van der Waals surface area contributed by atoms with Crippen molar-refractivity contribution in [3.63, 3.8) is 0 Å². The van der Waals surface area contributed by atoms with Crippen LogP contribution in [0, 0.1) is 6.92 Å². The summed E-state index contributed by atoms with van der Waals surface area (Å²) in [5, 5.41) is 4.22. The lowest BCUT2D eigenvalue weighted by Crippen LogP contribution is -2.14. The Morgan fingerprint density at radius 2 is 2.18 bits per heavy atom. The number of fused-ring (bicyclic) bond motifs is 1. The number of rotatable bonds is 5. The zero-order valence-electron chi connectivity index (χ0n) is 12.2. The van der Waals surface area contributed by atoms with E-state index in [0.29, 0.717) is 11.7 Å². The summed E-state index contributed by atoms with van der Waals surface area (Å²) in [7, 11) is 0. The van der Waals surface area contributed by atoms with Crippen LogP contribution in [0.15, 0.2) is 36.4 Å². The average Bonchev–Trinajstić information content (AvgIpc) is 2.88. The summed E-state index contributed by atoms with van der Waals surface area (Å²) >= 11 is 6.04. The second kappa shape index (κ2) is 6.20. The van der Waals surface area contributed by atoms with Crippen LogP contribution in [0.25, 0.3) is 22.2 Å². The SMILES string of the molecule is Cc1cc(-c2cccc3ccc(Cl)nc23)[nH]c1CCNC=O. The lowest BCUT2D eigenvalue weighted by molar-refractivity contribution is -0.109. The summed E-state index contributed by atoms with van der Waals surface area (Å²) in [4.78, 5) is 18.2. The van der Waals surface area contributed by atoms with Crippen LogP contribution in [0.2, 0.25) is 5.15 Å². The van der Waals surface area contributed by atoms with Gasteiger partial charge in [0.05, 0.1) is 5.52 Å². The van der Waals surface area contributed by atoms with Crippen LogP contribution in [0.4, 0.5) is 0 Å². The first-order valence-electron chi connectivity index (χ1n) is 7.10. The second-order valence-corrected chi connectivity index (χ2v) is 5.57. The fraction of sp³-hybridized carbons (Fsp3) is 0.176. The minimum absolute atomic E-state index is 0.485. The summed E-state index contributed by atoms with van der Waals surface area (Å²) in [5.74, 6) is 0. The summed E-state index contributed by atoms with van der Waals surface area (Å²) in [6, 6.07) is 11.9. The van der Waals surface area contributed by atoms with Gasteiger partial charge in [-0.15, -0.1) is 0 Å². The van der Waals surface area contributed by atoms with Crippen molar-refractivity contribution in [1.82, 2.24) is 15.3 Å². The van der Waals surface area contributed by atoms with Crippen LogP contribution in [-0.2, 0) is 11.2 Å². The molecule has 2 aromatic heterocycles. The van der Waals surface area contributed by atoms with Crippen molar-refractivity contribution in [1.29, 1.82) is 0 Å². The molecule has 0 atom stereocenters. The Labute approximate surface area is 133 Å². The molecule has 0 bridgehead atoms. The molecule has 2 heterocycles. The van der Waals surface area contributed by atoms with Crippen LogP contribution in [0.3, 0.4) is 0 Å². The van der Waals surface area contributed by atoms with E-state index in [2.05, 4.69) is 28.3 Å². The highest BCUT2D eigenvalue weighted by molar-refractivity contribution is 6.29. The molecule has 2 N–H and O–H groups in total. The molecule has 22 heavy (non-hydrogen) atoms. The number of benzene rings is 1. The summed E-state index contributed by atoms with van der Waals surface area (Å²) in [6.07, 6.45) is 1.49. The van der Waals surface area contributed by atoms with Gasteiger partial charge in [-0.25, -0.2) is 4.98 Å². The third-order valence-corrected chi connectivity index (χ3v) is 3.91. The molecule has 3 aromatic rings. The predicted molar refractivity (Wildman–Crippen MR) is 89.0 cm³/mol. The maximum Gasteiger partial charge on any atom is 0.207 e. The molecule has 0 saturated heterocycles. The van der Waals surface area contributed by atoms with Crippen molar-refractivity contribution in [2.45, 2.75) is 13.3 Å². The van der Waals surface area contributed by atoms with Crippen molar-refractivity contribution in [2.75, 3.05) is 6.54 Å². The van der Waals surface area contributed by atoms with E-state index >= 15 is 0 Å². The number of pyridine rings is 1. The summed E-state index contributed by atoms with van der Waals surface area (Å²) in [6.45, 7) is 2.67. The number of para-hydroxylation sites is 1. The average molecular weight is 314 g/mol. The number of aromatic amines is 1. The largest absolute Gasteiger partial charge is 0.358 e. The number of hydrogen-bond donors (Lipinski definition) is 2. The van der Waals surface area contributed by atoms with E-state index in [1.807, 2.05) is 24.3 Å². The number of nitrogens with zero attached hydrogens (tertiary/aromatic N) is 1. The van der Waals surface area contributed by atoms with Crippen LogP contribution in [0.5, 0.6) is 0 Å². The zero-order valence-corrected chi connectivity index (χ0v) is 12.9. The Kier molecular flexibility index (Phi) is 4.11. The molecule has 0 spiro atoms. The van der Waals surface area contributed by atoms with Crippen molar-refractivity contribution < 1.29 is 4.79 Å². The van der Waals surface area contributed by atoms with Gasteiger partial charge >= 0.3 is 0 Å². The number of carbonyl (C=O) groups excluding carboxylic acids is 1. The van der Waals surface area contributed by atoms with Gasteiger partial charge in [0, 0.05) is 35.3 Å². The third-order valence-electron chi connectivity index (χ3n) is 3.70. The molecule has 0 radical (unpaired) electrons. The molecule has 0 unspecified atom stereocenters. The van der Waals surface area contributed by atoms with Crippen LogP contribution in [-0.4, -0.2) is 22.9 Å². The van der Waals surface area contributed by atoms with Crippen molar-refractivity contribution >= 4 is 28.9 Å². The third kappa shape index (κ3) is 2.83. The Bertz CT molecular complexity index is 826. The van der Waals surface area contributed by atoms with Crippen LogP contribution < -0.4 is 5.32 Å².